The molecule has 4 heteroatoms. The average Bonchev–Trinajstić information content (AvgIpc) is 2.48. The summed E-state index contributed by atoms with van der Waals surface area (Å²) in [7, 11) is 0. The van der Waals surface area contributed by atoms with Gasteiger partial charge in [-0.3, -0.25) is 4.79 Å². The van der Waals surface area contributed by atoms with Crippen LogP contribution in [-0.4, -0.2) is 61.0 Å². The third-order valence-corrected chi connectivity index (χ3v) is 4.10. The lowest BCUT2D eigenvalue weighted by molar-refractivity contribution is -0.133. The standard InChI is InChI=1S/C15H31N3O/c1-4-17(5-2)12-9-13-18(6-3)15(19)14-10-7-8-11-16-14/h14,16H,4-13H2,1-3H3/t14-/m1/s1. The van der Waals surface area contributed by atoms with E-state index in [2.05, 4.69) is 31.0 Å². The molecule has 1 saturated heterocycles. The molecule has 0 aliphatic carbocycles. The number of nitrogens with one attached hydrogen (secondary N) is 1. The fraction of sp³-hybridized carbons (Fsp3) is 0.933. The molecule has 4 nitrogen and oxygen atoms in total. The van der Waals surface area contributed by atoms with E-state index in [0.29, 0.717) is 5.91 Å². The van der Waals surface area contributed by atoms with Crippen molar-refractivity contribution in [3.63, 3.8) is 0 Å². The molecule has 112 valence electrons. The van der Waals surface area contributed by atoms with Crippen molar-refractivity contribution in [3.8, 4) is 0 Å². The Bertz CT molecular complexity index is 248. The van der Waals surface area contributed by atoms with E-state index in [4.69, 9.17) is 0 Å². The molecule has 0 bridgehead atoms. The van der Waals surface area contributed by atoms with Crippen molar-refractivity contribution in [2.45, 2.75) is 52.5 Å². The Labute approximate surface area is 118 Å². The highest BCUT2D eigenvalue weighted by Gasteiger charge is 2.24. The molecule has 19 heavy (non-hydrogen) atoms. The number of amides is 1. The summed E-state index contributed by atoms with van der Waals surface area (Å²) in [6, 6.07) is 0.0714. The third kappa shape index (κ3) is 5.49. The van der Waals surface area contributed by atoms with Gasteiger partial charge in [-0.15, -0.1) is 0 Å². The Kier molecular flexibility index (Phi) is 8.07. The lowest BCUT2D eigenvalue weighted by Crippen LogP contribution is -2.49. The Hall–Kier alpha value is -0.610. The van der Waals surface area contributed by atoms with Crippen LogP contribution in [0.3, 0.4) is 0 Å². The minimum absolute atomic E-state index is 0.0714. The maximum atomic E-state index is 12.4. The van der Waals surface area contributed by atoms with Crippen LogP contribution in [0.15, 0.2) is 0 Å². The van der Waals surface area contributed by atoms with Gasteiger partial charge < -0.3 is 15.1 Å². The molecule has 0 spiro atoms. The molecule has 1 amide bonds. The quantitative estimate of drug-likeness (QED) is 0.728. The van der Waals surface area contributed by atoms with Gasteiger partial charge in [0.1, 0.15) is 0 Å². The van der Waals surface area contributed by atoms with Gasteiger partial charge in [-0.25, -0.2) is 0 Å². The molecule has 0 aromatic carbocycles. The van der Waals surface area contributed by atoms with E-state index < -0.39 is 0 Å². The fourth-order valence-corrected chi connectivity index (χ4v) is 2.73. The predicted molar refractivity (Wildman–Crippen MR) is 80.3 cm³/mol. The van der Waals surface area contributed by atoms with Gasteiger partial charge in [0.05, 0.1) is 6.04 Å². The predicted octanol–water partition coefficient (Wildman–Crippen LogP) is 1.71. The summed E-state index contributed by atoms with van der Waals surface area (Å²) in [5.74, 6) is 0.307. The van der Waals surface area contributed by atoms with Crippen molar-refractivity contribution in [1.29, 1.82) is 0 Å². The molecule has 1 aliphatic heterocycles. The van der Waals surface area contributed by atoms with Gasteiger partial charge >= 0.3 is 0 Å². The summed E-state index contributed by atoms with van der Waals surface area (Å²) in [5, 5.41) is 3.35. The van der Waals surface area contributed by atoms with E-state index in [-0.39, 0.29) is 6.04 Å². The lowest BCUT2D eigenvalue weighted by Gasteiger charge is -2.30. The molecule has 0 unspecified atom stereocenters. The molecular weight excluding hydrogens is 238 g/mol. The van der Waals surface area contributed by atoms with Gasteiger partial charge in [-0.2, -0.15) is 0 Å². The number of likely N-dealkylation sites (N-methyl/N-ethyl adjacent to an activating group) is 1. The van der Waals surface area contributed by atoms with Gasteiger partial charge in [0, 0.05) is 13.1 Å². The van der Waals surface area contributed by atoms with Crippen LogP contribution in [-0.2, 0) is 4.79 Å². The number of carbonyl (C=O) groups is 1. The summed E-state index contributed by atoms with van der Waals surface area (Å²) in [6.45, 7) is 12.5. The Morgan fingerprint density at radius 3 is 2.37 bits per heavy atom. The first kappa shape index (κ1) is 16.4. The van der Waals surface area contributed by atoms with Crippen molar-refractivity contribution in [3.05, 3.63) is 0 Å². The number of rotatable bonds is 8. The second-order valence-electron chi connectivity index (χ2n) is 5.30. The first-order chi connectivity index (χ1) is 9.22. The zero-order valence-corrected chi connectivity index (χ0v) is 13.0. The fourth-order valence-electron chi connectivity index (χ4n) is 2.73. The highest BCUT2D eigenvalue weighted by molar-refractivity contribution is 5.81. The molecule has 1 aliphatic rings. The van der Waals surface area contributed by atoms with E-state index in [0.717, 1.165) is 52.1 Å². The molecule has 0 saturated carbocycles. The van der Waals surface area contributed by atoms with Gasteiger partial charge in [0.25, 0.3) is 0 Å². The largest absolute Gasteiger partial charge is 0.342 e. The van der Waals surface area contributed by atoms with Crippen LogP contribution >= 0.6 is 0 Å². The molecule has 1 N–H and O–H groups in total. The second kappa shape index (κ2) is 9.32. The zero-order valence-electron chi connectivity index (χ0n) is 13.0. The van der Waals surface area contributed by atoms with Crippen LogP contribution in [0.2, 0.25) is 0 Å². The van der Waals surface area contributed by atoms with Crippen molar-refractivity contribution >= 4 is 5.91 Å². The normalized spacial score (nSPS) is 19.7. The van der Waals surface area contributed by atoms with Gasteiger partial charge in [0.15, 0.2) is 0 Å². The molecule has 0 radical (unpaired) electrons. The second-order valence-corrected chi connectivity index (χ2v) is 5.30. The summed E-state index contributed by atoms with van der Waals surface area (Å²) >= 11 is 0. The number of piperidine rings is 1. The van der Waals surface area contributed by atoms with E-state index >= 15 is 0 Å². The zero-order chi connectivity index (χ0) is 14.1. The highest BCUT2D eigenvalue weighted by atomic mass is 16.2. The van der Waals surface area contributed by atoms with Crippen LogP contribution in [0.4, 0.5) is 0 Å². The van der Waals surface area contributed by atoms with Crippen molar-refractivity contribution in [2.24, 2.45) is 0 Å². The first-order valence-corrected chi connectivity index (χ1v) is 7.97. The molecule has 1 heterocycles. The van der Waals surface area contributed by atoms with Crippen molar-refractivity contribution in [1.82, 2.24) is 15.1 Å². The van der Waals surface area contributed by atoms with Crippen LogP contribution < -0.4 is 5.32 Å². The number of hydrogen-bond acceptors (Lipinski definition) is 3. The van der Waals surface area contributed by atoms with E-state index in [1.54, 1.807) is 0 Å². The summed E-state index contributed by atoms with van der Waals surface area (Å²) in [4.78, 5) is 16.8. The first-order valence-electron chi connectivity index (χ1n) is 7.97. The van der Waals surface area contributed by atoms with E-state index in [1.807, 2.05) is 4.90 Å². The summed E-state index contributed by atoms with van der Waals surface area (Å²) < 4.78 is 0. The Balaban J connectivity index is 2.33. The van der Waals surface area contributed by atoms with Gasteiger partial charge in [0.2, 0.25) is 5.91 Å². The van der Waals surface area contributed by atoms with Crippen molar-refractivity contribution in [2.75, 3.05) is 39.3 Å². The van der Waals surface area contributed by atoms with Crippen LogP contribution in [0.1, 0.15) is 46.5 Å². The Morgan fingerprint density at radius 2 is 1.84 bits per heavy atom. The van der Waals surface area contributed by atoms with Crippen LogP contribution in [0, 0.1) is 0 Å². The molecule has 1 fully saturated rings. The minimum atomic E-state index is 0.0714. The number of hydrogen-bond donors (Lipinski definition) is 1. The summed E-state index contributed by atoms with van der Waals surface area (Å²) in [5.41, 5.74) is 0. The molecule has 0 aromatic heterocycles. The lowest BCUT2D eigenvalue weighted by atomic mass is 10.0. The van der Waals surface area contributed by atoms with E-state index in [1.165, 1.54) is 12.8 Å². The smallest absolute Gasteiger partial charge is 0.239 e. The van der Waals surface area contributed by atoms with Crippen LogP contribution in [0.5, 0.6) is 0 Å². The maximum Gasteiger partial charge on any atom is 0.239 e. The van der Waals surface area contributed by atoms with Gasteiger partial charge in [-0.05, 0) is 52.4 Å². The minimum Gasteiger partial charge on any atom is -0.342 e. The maximum absolute atomic E-state index is 12.4. The molecular formula is C15H31N3O. The van der Waals surface area contributed by atoms with Gasteiger partial charge in [-0.1, -0.05) is 20.3 Å². The van der Waals surface area contributed by atoms with Crippen LogP contribution in [0.25, 0.3) is 0 Å². The Morgan fingerprint density at radius 1 is 1.11 bits per heavy atom. The SMILES string of the molecule is CCN(CC)CCCN(CC)C(=O)[C@H]1CCCCN1. The van der Waals surface area contributed by atoms with E-state index in [9.17, 15) is 4.79 Å². The molecule has 1 atom stereocenters. The summed E-state index contributed by atoms with van der Waals surface area (Å²) in [6.07, 6.45) is 4.47. The third-order valence-electron chi connectivity index (χ3n) is 4.10. The average molecular weight is 269 g/mol. The monoisotopic (exact) mass is 269 g/mol. The molecule has 0 aromatic rings. The topological polar surface area (TPSA) is 35.6 Å². The number of carbonyl (C=O) groups excluding carboxylic acids is 1. The highest BCUT2D eigenvalue weighted by Crippen LogP contribution is 2.10. The van der Waals surface area contributed by atoms with Crippen molar-refractivity contribution < 1.29 is 4.79 Å². The molecule has 1 rings (SSSR count). The number of nitrogens with zero attached hydrogens (tertiary/aromatic N) is 2.